The summed E-state index contributed by atoms with van der Waals surface area (Å²) in [6, 6.07) is 20.7. The van der Waals surface area contributed by atoms with Crippen LogP contribution in [-0.4, -0.2) is 34.0 Å². The number of benzene rings is 3. The van der Waals surface area contributed by atoms with E-state index in [4.69, 9.17) is 16.3 Å². The fourth-order valence-electron chi connectivity index (χ4n) is 3.25. The number of ether oxygens (including phenoxy) is 1. The fourth-order valence-corrected chi connectivity index (χ4v) is 4.80. The van der Waals surface area contributed by atoms with Gasteiger partial charge < -0.3 is 10.1 Å². The van der Waals surface area contributed by atoms with Gasteiger partial charge in [0.2, 0.25) is 5.91 Å². The van der Waals surface area contributed by atoms with Crippen molar-refractivity contribution in [2.75, 3.05) is 24.0 Å². The molecule has 0 radical (unpaired) electrons. The molecular weight excluding hydrogens is 472 g/mol. The lowest BCUT2D eigenvalue weighted by Crippen LogP contribution is -2.41. The summed E-state index contributed by atoms with van der Waals surface area (Å²) in [5, 5.41) is 3.34. The van der Waals surface area contributed by atoms with Crippen molar-refractivity contribution in [3.63, 3.8) is 0 Å². The van der Waals surface area contributed by atoms with Gasteiger partial charge in [-0.25, -0.2) is 8.42 Å². The first-order valence-corrected chi connectivity index (χ1v) is 12.8. The SMILES string of the molecule is Cc1ccc(S(=O)(=O)N(CC(=O)NCCOc2ccc(Cl)cc2)c2ccc(C(C)C)cc2)cc1. The van der Waals surface area contributed by atoms with Crippen molar-refractivity contribution in [1.82, 2.24) is 5.32 Å². The number of carbonyl (C=O) groups is 1. The maximum absolute atomic E-state index is 13.5. The quantitative estimate of drug-likeness (QED) is 0.390. The Balaban J connectivity index is 1.73. The van der Waals surface area contributed by atoms with Crippen LogP contribution < -0.4 is 14.4 Å². The van der Waals surface area contributed by atoms with Gasteiger partial charge in [0.05, 0.1) is 17.1 Å². The maximum Gasteiger partial charge on any atom is 0.264 e. The zero-order valence-electron chi connectivity index (χ0n) is 19.5. The van der Waals surface area contributed by atoms with Crippen LogP contribution in [0.1, 0.15) is 30.9 Å². The first-order valence-electron chi connectivity index (χ1n) is 11.0. The first-order chi connectivity index (χ1) is 16.2. The van der Waals surface area contributed by atoms with Gasteiger partial charge in [-0.3, -0.25) is 9.10 Å². The molecule has 3 rings (SSSR count). The van der Waals surface area contributed by atoms with Crippen molar-refractivity contribution >= 4 is 33.2 Å². The molecule has 34 heavy (non-hydrogen) atoms. The minimum Gasteiger partial charge on any atom is -0.492 e. The van der Waals surface area contributed by atoms with Crippen LogP contribution in [0.2, 0.25) is 5.02 Å². The number of sulfonamides is 1. The summed E-state index contributed by atoms with van der Waals surface area (Å²) in [6.07, 6.45) is 0. The molecular formula is C26H29ClN2O4S. The van der Waals surface area contributed by atoms with Crippen molar-refractivity contribution in [2.45, 2.75) is 31.6 Å². The number of aryl methyl sites for hydroxylation is 1. The Bertz CT molecular complexity index is 1190. The van der Waals surface area contributed by atoms with Gasteiger partial charge in [-0.15, -0.1) is 0 Å². The molecule has 0 saturated carbocycles. The van der Waals surface area contributed by atoms with Crippen LogP contribution in [0.5, 0.6) is 5.75 Å². The number of anilines is 1. The highest BCUT2D eigenvalue weighted by atomic mass is 35.5. The number of hydrogen-bond donors (Lipinski definition) is 1. The van der Waals surface area contributed by atoms with Crippen LogP contribution in [-0.2, 0) is 14.8 Å². The van der Waals surface area contributed by atoms with E-state index >= 15 is 0 Å². The largest absolute Gasteiger partial charge is 0.492 e. The molecule has 1 amide bonds. The standard InChI is InChI=1S/C26H29ClN2O4S/c1-19(2)21-6-10-23(11-7-21)29(34(31,32)25-14-4-20(3)5-15-25)18-26(30)28-16-17-33-24-12-8-22(27)9-13-24/h4-15,19H,16-18H2,1-3H3,(H,28,30). The molecule has 0 unspecified atom stereocenters. The van der Waals surface area contributed by atoms with Gasteiger partial charge in [0.25, 0.3) is 10.0 Å². The molecule has 3 aromatic carbocycles. The second-order valence-corrected chi connectivity index (χ2v) is 10.5. The molecule has 8 heteroatoms. The predicted molar refractivity (Wildman–Crippen MR) is 136 cm³/mol. The number of halogens is 1. The van der Waals surface area contributed by atoms with Crippen molar-refractivity contribution in [3.05, 3.63) is 88.9 Å². The van der Waals surface area contributed by atoms with Crippen molar-refractivity contribution in [3.8, 4) is 5.75 Å². The fraction of sp³-hybridized carbons (Fsp3) is 0.269. The van der Waals surface area contributed by atoms with Gasteiger partial charge in [0, 0.05) is 5.02 Å². The molecule has 1 N–H and O–H groups in total. The van der Waals surface area contributed by atoms with Crippen molar-refractivity contribution in [1.29, 1.82) is 0 Å². The van der Waals surface area contributed by atoms with Gasteiger partial charge in [-0.1, -0.05) is 55.3 Å². The number of carbonyl (C=O) groups excluding carboxylic acids is 1. The predicted octanol–water partition coefficient (Wildman–Crippen LogP) is 5.16. The molecule has 0 atom stereocenters. The van der Waals surface area contributed by atoms with Gasteiger partial charge >= 0.3 is 0 Å². The Morgan fingerprint density at radius 3 is 2.18 bits per heavy atom. The van der Waals surface area contributed by atoms with E-state index in [-0.39, 0.29) is 24.6 Å². The third kappa shape index (κ3) is 6.74. The Morgan fingerprint density at radius 2 is 1.59 bits per heavy atom. The molecule has 0 spiro atoms. The van der Waals surface area contributed by atoms with Gasteiger partial charge in [-0.05, 0) is 66.9 Å². The van der Waals surface area contributed by atoms with Crippen LogP contribution in [0.25, 0.3) is 0 Å². The third-order valence-corrected chi connectivity index (χ3v) is 7.29. The molecule has 0 aromatic heterocycles. The molecule has 0 aliphatic heterocycles. The third-order valence-electron chi connectivity index (χ3n) is 5.25. The highest BCUT2D eigenvalue weighted by molar-refractivity contribution is 7.92. The van der Waals surface area contributed by atoms with Crippen LogP contribution in [0.4, 0.5) is 5.69 Å². The summed E-state index contributed by atoms with van der Waals surface area (Å²) in [4.78, 5) is 12.8. The summed E-state index contributed by atoms with van der Waals surface area (Å²) >= 11 is 5.86. The van der Waals surface area contributed by atoms with E-state index in [0.717, 1.165) is 15.4 Å². The lowest BCUT2D eigenvalue weighted by atomic mass is 10.0. The Morgan fingerprint density at radius 1 is 0.971 bits per heavy atom. The Kier molecular flexibility index (Phi) is 8.58. The summed E-state index contributed by atoms with van der Waals surface area (Å²) in [7, 11) is -3.95. The maximum atomic E-state index is 13.5. The van der Waals surface area contributed by atoms with Crippen LogP contribution in [0.3, 0.4) is 0 Å². The van der Waals surface area contributed by atoms with Crippen molar-refractivity contribution < 1.29 is 17.9 Å². The van der Waals surface area contributed by atoms with E-state index in [1.807, 2.05) is 19.1 Å². The lowest BCUT2D eigenvalue weighted by molar-refractivity contribution is -0.119. The smallest absolute Gasteiger partial charge is 0.264 e. The normalized spacial score (nSPS) is 11.3. The molecule has 3 aromatic rings. The summed E-state index contributed by atoms with van der Waals surface area (Å²) in [5.41, 5.74) is 2.46. The number of nitrogens with zero attached hydrogens (tertiary/aromatic N) is 1. The molecule has 0 heterocycles. The zero-order valence-corrected chi connectivity index (χ0v) is 21.1. The number of rotatable bonds is 10. The van der Waals surface area contributed by atoms with E-state index in [1.54, 1.807) is 60.7 Å². The average molecular weight is 501 g/mol. The van der Waals surface area contributed by atoms with E-state index in [0.29, 0.717) is 22.4 Å². The summed E-state index contributed by atoms with van der Waals surface area (Å²) in [6.45, 7) is 6.13. The first kappa shape index (κ1) is 25.6. The average Bonchev–Trinajstić information content (AvgIpc) is 2.81. The van der Waals surface area contributed by atoms with Crippen LogP contribution >= 0.6 is 11.6 Å². The minimum absolute atomic E-state index is 0.130. The molecule has 6 nitrogen and oxygen atoms in total. The molecule has 180 valence electrons. The molecule has 0 aliphatic rings. The second-order valence-electron chi connectivity index (χ2n) is 8.22. The summed E-state index contributed by atoms with van der Waals surface area (Å²) < 4.78 is 33.6. The number of hydrogen-bond acceptors (Lipinski definition) is 4. The molecule has 0 aliphatic carbocycles. The molecule has 0 bridgehead atoms. The van der Waals surface area contributed by atoms with Gasteiger partial charge in [0.15, 0.2) is 0 Å². The Hall–Kier alpha value is -3.03. The van der Waals surface area contributed by atoms with Gasteiger partial charge in [0.1, 0.15) is 18.9 Å². The summed E-state index contributed by atoms with van der Waals surface area (Å²) in [5.74, 6) is 0.510. The van der Waals surface area contributed by atoms with E-state index in [2.05, 4.69) is 19.2 Å². The highest BCUT2D eigenvalue weighted by Crippen LogP contribution is 2.26. The van der Waals surface area contributed by atoms with Gasteiger partial charge in [-0.2, -0.15) is 0 Å². The van der Waals surface area contributed by atoms with Crippen LogP contribution in [0, 0.1) is 6.92 Å². The van der Waals surface area contributed by atoms with Crippen molar-refractivity contribution in [2.24, 2.45) is 0 Å². The topological polar surface area (TPSA) is 75.7 Å². The van der Waals surface area contributed by atoms with Crippen LogP contribution in [0.15, 0.2) is 77.7 Å². The number of nitrogens with one attached hydrogen (secondary N) is 1. The highest BCUT2D eigenvalue weighted by Gasteiger charge is 2.27. The van der Waals surface area contributed by atoms with E-state index < -0.39 is 15.9 Å². The zero-order chi connectivity index (χ0) is 24.7. The Labute approximate surface area is 206 Å². The monoisotopic (exact) mass is 500 g/mol. The minimum atomic E-state index is -3.95. The lowest BCUT2D eigenvalue weighted by Gasteiger charge is -2.24. The molecule has 0 fully saturated rings. The van der Waals surface area contributed by atoms with E-state index in [1.165, 1.54) is 0 Å². The second kappa shape index (κ2) is 11.4. The number of amides is 1. The molecule has 0 saturated heterocycles. The van der Waals surface area contributed by atoms with E-state index in [9.17, 15) is 13.2 Å².